The number of rotatable bonds is 11. The highest BCUT2D eigenvalue weighted by atomic mass is 28.3. The molecule has 1 spiro atoms. The second kappa shape index (κ2) is 14.2. The van der Waals surface area contributed by atoms with Crippen molar-refractivity contribution in [3.8, 4) is 11.5 Å². The Morgan fingerprint density at radius 3 is 2.46 bits per heavy atom. The zero-order chi connectivity index (χ0) is 35.8. The van der Waals surface area contributed by atoms with Crippen molar-refractivity contribution in [3.63, 3.8) is 0 Å². The van der Waals surface area contributed by atoms with Gasteiger partial charge >= 0.3 is 0 Å². The van der Waals surface area contributed by atoms with Crippen LogP contribution in [0, 0.1) is 5.92 Å². The van der Waals surface area contributed by atoms with E-state index in [2.05, 4.69) is 65.1 Å². The molecule has 0 saturated carbocycles. The summed E-state index contributed by atoms with van der Waals surface area (Å²) in [5.74, 6) is 0.936. The Labute approximate surface area is 297 Å². The molecule has 0 bridgehead atoms. The van der Waals surface area contributed by atoms with E-state index in [-0.39, 0.29) is 42.6 Å². The number of benzene rings is 3. The maximum absolute atomic E-state index is 15.1. The van der Waals surface area contributed by atoms with Crippen LogP contribution in [0.15, 0.2) is 90.0 Å². The molecule has 3 aromatic rings. The van der Waals surface area contributed by atoms with Gasteiger partial charge in [0.1, 0.15) is 11.5 Å². The first-order chi connectivity index (χ1) is 23.9. The van der Waals surface area contributed by atoms with Crippen LogP contribution >= 0.6 is 0 Å². The molecular weight excluding hydrogens is 645 g/mol. The SMILES string of the molecule is COc1ccc([Si](C)(C)[C@H]2[C@H](CCO)O[C@@]3(C(=O)N(C/C=C(\C)CCC=C(C)C)c4ccc(N5C(=O)COc6ccccc65)cc43)[C@@H]2C)cc1. The molecule has 1 fully saturated rings. The van der Waals surface area contributed by atoms with Crippen molar-refractivity contribution in [1.82, 2.24) is 0 Å². The van der Waals surface area contributed by atoms with Gasteiger partial charge in [0.2, 0.25) is 0 Å². The Morgan fingerprint density at radius 2 is 1.76 bits per heavy atom. The standard InChI is InChI=1S/C41H50N2O6Si/c1-27(2)11-10-12-28(3)21-23-42-34-20-15-30(43-35-13-8-9-14-36(35)48-26-38(43)45)25-33(34)41(40(42)46)29(4)39(37(49-41)22-24-44)50(6,7)32-18-16-31(47-5)17-19-32/h8-9,11,13-21,25,29,37,39,44H,10,12,22-24,26H2,1-7H3/b28-21+/t29-,37+,39-,41+/m1/s1. The molecule has 50 heavy (non-hydrogen) atoms. The quantitative estimate of drug-likeness (QED) is 0.166. The van der Waals surface area contributed by atoms with E-state index in [4.69, 9.17) is 14.2 Å². The molecule has 8 nitrogen and oxygen atoms in total. The Balaban J connectivity index is 1.47. The number of allylic oxidation sites excluding steroid dienone is 3. The van der Waals surface area contributed by atoms with Gasteiger partial charge in [0, 0.05) is 30.3 Å². The maximum Gasteiger partial charge on any atom is 0.269 e. The predicted octanol–water partition coefficient (Wildman–Crippen LogP) is 7.39. The smallest absolute Gasteiger partial charge is 0.269 e. The third kappa shape index (κ3) is 6.20. The van der Waals surface area contributed by atoms with Crippen LogP contribution in [0.5, 0.6) is 11.5 Å². The highest BCUT2D eigenvalue weighted by Gasteiger charge is 2.66. The first-order valence-corrected chi connectivity index (χ1v) is 20.7. The summed E-state index contributed by atoms with van der Waals surface area (Å²) in [6, 6.07) is 21.6. The summed E-state index contributed by atoms with van der Waals surface area (Å²) in [6.07, 6.45) is 6.33. The summed E-state index contributed by atoms with van der Waals surface area (Å²) >= 11 is 0. The Kier molecular flexibility index (Phi) is 10.1. The average Bonchev–Trinajstić information content (AvgIpc) is 3.53. The first kappa shape index (κ1) is 35.6. The fraction of sp³-hybridized carbons (Fsp3) is 0.415. The van der Waals surface area contributed by atoms with Gasteiger partial charge in [-0.2, -0.15) is 0 Å². The van der Waals surface area contributed by atoms with E-state index in [0.29, 0.717) is 30.1 Å². The first-order valence-electron chi connectivity index (χ1n) is 17.7. The van der Waals surface area contributed by atoms with Crippen LogP contribution in [0.1, 0.15) is 52.5 Å². The molecule has 3 aliphatic rings. The fourth-order valence-corrected chi connectivity index (χ4v) is 12.4. The lowest BCUT2D eigenvalue weighted by Crippen LogP contribution is -2.52. The lowest BCUT2D eigenvalue weighted by molar-refractivity contribution is -0.146. The minimum atomic E-state index is -2.34. The summed E-state index contributed by atoms with van der Waals surface area (Å²) < 4.78 is 18.3. The normalized spacial score (nSPS) is 23.2. The number of aliphatic hydroxyl groups is 1. The van der Waals surface area contributed by atoms with Crippen molar-refractivity contribution in [1.29, 1.82) is 0 Å². The number of ether oxygens (including phenoxy) is 3. The van der Waals surface area contributed by atoms with Crippen LogP contribution in [0.3, 0.4) is 0 Å². The predicted molar refractivity (Wildman–Crippen MR) is 202 cm³/mol. The summed E-state index contributed by atoms with van der Waals surface area (Å²) in [5, 5.41) is 11.6. The van der Waals surface area contributed by atoms with Crippen LogP contribution < -0.4 is 24.5 Å². The number of methoxy groups -OCH3 is 1. The summed E-state index contributed by atoms with van der Waals surface area (Å²) in [7, 11) is -0.673. The van der Waals surface area contributed by atoms with Gasteiger partial charge in [-0.05, 0) is 88.0 Å². The molecule has 0 unspecified atom stereocenters. The van der Waals surface area contributed by atoms with Crippen molar-refractivity contribution in [2.24, 2.45) is 5.92 Å². The topological polar surface area (TPSA) is 88.5 Å². The summed E-state index contributed by atoms with van der Waals surface area (Å²) in [4.78, 5) is 32.1. The second-order valence-corrected chi connectivity index (χ2v) is 19.3. The van der Waals surface area contributed by atoms with Gasteiger partial charge in [-0.3, -0.25) is 14.5 Å². The molecule has 6 rings (SSSR count). The van der Waals surface area contributed by atoms with Gasteiger partial charge in [-0.25, -0.2) is 0 Å². The van der Waals surface area contributed by atoms with E-state index >= 15 is 4.79 Å². The molecule has 3 heterocycles. The number of para-hydroxylation sites is 2. The van der Waals surface area contributed by atoms with E-state index in [1.54, 1.807) is 12.0 Å². The molecular formula is C41H50N2O6Si. The monoisotopic (exact) mass is 694 g/mol. The second-order valence-electron chi connectivity index (χ2n) is 14.6. The van der Waals surface area contributed by atoms with Crippen LogP contribution in [0.4, 0.5) is 17.1 Å². The third-order valence-electron chi connectivity index (χ3n) is 10.9. The van der Waals surface area contributed by atoms with Crippen LogP contribution in [-0.2, 0) is 19.9 Å². The highest BCUT2D eigenvalue weighted by Crippen LogP contribution is 2.60. The van der Waals surface area contributed by atoms with E-state index in [9.17, 15) is 9.90 Å². The van der Waals surface area contributed by atoms with Gasteiger partial charge in [-0.15, -0.1) is 0 Å². The molecule has 1 N–H and O–H groups in total. The molecule has 9 heteroatoms. The molecule has 1 saturated heterocycles. The van der Waals surface area contributed by atoms with Gasteiger partial charge in [0.05, 0.1) is 32.7 Å². The maximum atomic E-state index is 15.1. The van der Waals surface area contributed by atoms with Crippen molar-refractivity contribution in [3.05, 3.63) is 95.6 Å². The number of amides is 2. The molecule has 264 valence electrons. The van der Waals surface area contributed by atoms with Gasteiger partial charge in [0.25, 0.3) is 11.8 Å². The minimum absolute atomic E-state index is 0.00976. The average molecular weight is 695 g/mol. The number of carbonyl (C=O) groups excluding carboxylic acids is 2. The van der Waals surface area contributed by atoms with Crippen LogP contribution in [-0.4, -0.2) is 58.0 Å². The number of nitrogens with zero attached hydrogens (tertiary/aromatic N) is 2. The van der Waals surface area contributed by atoms with E-state index < -0.39 is 13.7 Å². The molecule has 0 radical (unpaired) electrons. The Hall–Kier alpha value is -4.18. The molecule has 4 atom stereocenters. The molecule has 3 aliphatic heterocycles. The summed E-state index contributed by atoms with van der Waals surface area (Å²) in [5.41, 5.74) is 4.12. The number of anilines is 3. The van der Waals surface area contributed by atoms with E-state index in [0.717, 1.165) is 29.8 Å². The Bertz CT molecular complexity index is 1810. The number of hydrogen-bond acceptors (Lipinski definition) is 6. The minimum Gasteiger partial charge on any atom is -0.497 e. The van der Waals surface area contributed by atoms with Crippen molar-refractivity contribution in [2.45, 2.75) is 77.3 Å². The number of carbonyl (C=O) groups is 2. The highest BCUT2D eigenvalue weighted by molar-refractivity contribution is 6.91. The number of hydrogen-bond donors (Lipinski definition) is 1. The van der Waals surface area contributed by atoms with Crippen molar-refractivity contribution < 1.29 is 28.9 Å². The number of aliphatic hydroxyl groups excluding tert-OH is 1. The Morgan fingerprint density at radius 1 is 1.02 bits per heavy atom. The largest absolute Gasteiger partial charge is 0.497 e. The van der Waals surface area contributed by atoms with Gasteiger partial charge < -0.3 is 24.2 Å². The molecule has 3 aromatic carbocycles. The van der Waals surface area contributed by atoms with Crippen LogP contribution in [0.2, 0.25) is 18.6 Å². The summed E-state index contributed by atoms with van der Waals surface area (Å²) in [6.45, 7) is 13.4. The lowest BCUT2D eigenvalue weighted by atomic mass is 9.82. The number of fused-ring (bicyclic) bond motifs is 3. The van der Waals surface area contributed by atoms with E-state index in [1.165, 1.54) is 16.3 Å². The van der Waals surface area contributed by atoms with Crippen LogP contribution in [0.25, 0.3) is 0 Å². The van der Waals surface area contributed by atoms with Crippen molar-refractivity contribution >= 4 is 42.1 Å². The van der Waals surface area contributed by atoms with Gasteiger partial charge in [-0.1, -0.05) is 72.8 Å². The lowest BCUT2D eigenvalue weighted by Gasteiger charge is -2.37. The molecule has 2 amide bonds. The zero-order valence-electron chi connectivity index (χ0n) is 30.4. The van der Waals surface area contributed by atoms with Crippen molar-refractivity contribution in [2.75, 3.05) is 36.7 Å². The molecule has 0 aliphatic carbocycles. The molecule has 0 aromatic heterocycles. The zero-order valence-corrected chi connectivity index (χ0v) is 31.4. The third-order valence-corrected chi connectivity index (χ3v) is 15.3. The van der Waals surface area contributed by atoms with Gasteiger partial charge in [0.15, 0.2) is 12.2 Å². The van der Waals surface area contributed by atoms with E-state index in [1.807, 2.05) is 59.5 Å². The fourth-order valence-electron chi connectivity index (χ4n) is 8.34.